The van der Waals surface area contributed by atoms with Crippen LogP contribution in [0.4, 0.5) is 5.69 Å². The van der Waals surface area contributed by atoms with Gasteiger partial charge in [0.25, 0.3) is 5.91 Å². The molecule has 0 bridgehead atoms. The second kappa shape index (κ2) is 7.43. The minimum absolute atomic E-state index is 0.0533. The summed E-state index contributed by atoms with van der Waals surface area (Å²) in [4.78, 5) is 12.0. The van der Waals surface area contributed by atoms with Gasteiger partial charge in [-0.3, -0.25) is 4.79 Å². The van der Waals surface area contributed by atoms with Crippen LogP contribution in [0.25, 0.3) is 0 Å². The lowest BCUT2D eigenvalue weighted by atomic mass is 10.0. The standard InChI is InChI=1S/C15H22N2OS/c1-19-10-3-2-8-17-15(18)13-6-7-14-12(11-13)5-4-9-16-14/h6-7,11,16H,2-5,8-10H2,1H3,(H,17,18). The molecule has 19 heavy (non-hydrogen) atoms. The van der Waals surface area contributed by atoms with E-state index >= 15 is 0 Å². The maximum absolute atomic E-state index is 12.0. The Labute approximate surface area is 119 Å². The lowest BCUT2D eigenvalue weighted by molar-refractivity contribution is 0.0953. The molecule has 0 spiro atoms. The molecular formula is C15H22N2OS. The van der Waals surface area contributed by atoms with Gasteiger partial charge in [-0.25, -0.2) is 0 Å². The number of anilines is 1. The molecule has 104 valence electrons. The zero-order valence-electron chi connectivity index (χ0n) is 11.5. The summed E-state index contributed by atoms with van der Waals surface area (Å²) in [7, 11) is 0. The van der Waals surface area contributed by atoms with Crippen LogP contribution in [-0.4, -0.2) is 31.0 Å². The van der Waals surface area contributed by atoms with Gasteiger partial charge in [-0.1, -0.05) is 0 Å². The highest BCUT2D eigenvalue weighted by Gasteiger charge is 2.11. The fraction of sp³-hybridized carbons (Fsp3) is 0.533. The van der Waals surface area contributed by atoms with Crippen molar-refractivity contribution in [1.29, 1.82) is 0 Å². The smallest absolute Gasteiger partial charge is 0.251 e. The molecule has 2 N–H and O–H groups in total. The number of benzene rings is 1. The Morgan fingerprint density at radius 2 is 2.32 bits per heavy atom. The molecule has 3 nitrogen and oxygen atoms in total. The first-order valence-corrected chi connectivity index (χ1v) is 8.34. The lowest BCUT2D eigenvalue weighted by Crippen LogP contribution is -2.25. The number of hydrogen-bond donors (Lipinski definition) is 2. The van der Waals surface area contributed by atoms with E-state index in [1.54, 1.807) is 0 Å². The zero-order valence-corrected chi connectivity index (χ0v) is 12.3. The van der Waals surface area contributed by atoms with Crippen LogP contribution in [0, 0.1) is 0 Å². The van der Waals surface area contributed by atoms with Crippen molar-refractivity contribution >= 4 is 23.4 Å². The molecule has 1 aliphatic heterocycles. The number of fused-ring (bicyclic) bond motifs is 1. The highest BCUT2D eigenvalue weighted by Crippen LogP contribution is 2.22. The van der Waals surface area contributed by atoms with Crippen LogP contribution in [0.3, 0.4) is 0 Å². The monoisotopic (exact) mass is 278 g/mol. The van der Waals surface area contributed by atoms with Gasteiger partial charge in [-0.15, -0.1) is 0 Å². The Balaban J connectivity index is 1.85. The fourth-order valence-electron chi connectivity index (χ4n) is 2.29. The Morgan fingerprint density at radius 3 is 3.16 bits per heavy atom. The number of carbonyl (C=O) groups excluding carboxylic acids is 1. The number of aryl methyl sites for hydroxylation is 1. The van der Waals surface area contributed by atoms with Gasteiger partial charge in [-0.05, 0) is 61.5 Å². The summed E-state index contributed by atoms with van der Waals surface area (Å²) in [5.41, 5.74) is 3.23. The van der Waals surface area contributed by atoms with Crippen LogP contribution in [-0.2, 0) is 6.42 Å². The van der Waals surface area contributed by atoms with Gasteiger partial charge >= 0.3 is 0 Å². The summed E-state index contributed by atoms with van der Waals surface area (Å²) >= 11 is 1.85. The molecule has 0 saturated carbocycles. The summed E-state index contributed by atoms with van der Waals surface area (Å²) in [5.74, 6) is 1.22. The molecular weight excluding hydrogens is 256 g/mol. The molecule has 1 heterocycles. The molecule has 0 radical (unpaired) electrons. The Kier molecular flexibility index (Phi) is 5.58. The van der Waals surface area contributed by atoms with Crippen molar-refractivity contribution < 1.29 is 4.79 Å². The van der Waals surface area contributed by atoms with Gasteiger partial charge in [-0.2, -0.15) is 11.8 Å². The van der Waals surface area contributed by atoms with Gasteiger partial charge in [0.2, 0.25) is 0 Å². The van der Waals surface area contributed by atoms with Crippen molar-refractivity contribution in [3.05, 3.63) is 29.3 Å². The third-order valence-electron chi connectivity index (χ3n) is 3.37. The van der Waals surface area contributed by atoms with Gasteiger partial charge in [0.15, 0.2) is 0 Å². The van der Waals surface area contributed by atoms with Crippen molar-refractivity contribution in [3.8, 4) is 0 Å². The van der Waals surface area contributed by atoms with Crippen LogP contribution in [0.2, 0.25) is 0 Å². The maximum atomic E-state index is 12.0. The van der Waals surface area contributed by atoms with E-state index in [0.717, 1.165) is 44.3 Å². The van der Waals surface area contributed by atoms with E-state index in [2.05, 4.69) is 16.9 Å². The van der Waals surface area contributed by atoms with Crippen molar-refractivity contribution in [3.63, 3.8) is 0 Å². The van der Waals surface area contributed by atoms with Crippen LogP contribution in [0.15, 0.2) is 18.2 Å². The molecule has 4 heteroatoms. The van der Waals surface area contributed by atoms with Crippen LogP contribution in [0.5, 0.6) is 0 Å². The molecule has 1 aromatic carbocycles. The largest absolute Gasteiger partial charge is 0.385 e. The van der Waals surface area contributed by atoms with E-state index in [9.17, 15) is 4.79 Å². The number of rotatable bonds is 6. The summed E-state index contributed by atoms with van der Waals surface area (Å²) in [6, 6.07) is 5.96. The predicted octanol–water partition coefficient (Wildman–Crippen LogP) is 2.92. The predicted molar refractivity (Wildman–Crippen MR) is 83.2 cm³/mol. The number of unbranched alkanes of at least 4 members (excludes halogenated alkanes) is 1. The number of carbonyl (C=O) groups is 1. The van der Waals surface area contributed by atoms with Crippen molar-refractivity contribution in [2.75, 3.05) is 30.4 Å². The Morgan fingerprint density at radius 1 is 1.42 bits per heavy atom. The summed E-state index contributed by atoms with van der Waals surface area (Å²) in [6.45, 7) is 1.81. The van der Waals surface area contributed by atoms with Crippen LogP contribution >= 0.6 is 11.8 Å². The molecule has 1 aromatic rings. The van der Waals surface area contributed by atoms with Crippen LogP contribution < -0.4 is 10.6 Å². The van der Waals surface area contributed by atoms with Crippen molar-refractivity contribution in [2.24, 2.45) is 0 Å². The third-order valence-corrected chi connectivity index (χ3v) is 4.06. The Hall–Kier alpha value is -1.16. The highest BCUT2D eigenvalue weighted by atomic mass is 32.2. The molecule has 0 unspecified atom stereocenters. The van der Waals surface area contributed by atoms with Gasteiger partial charge in [0, 0.05) is 24.3 Å². The first-order chi connectivity index (χ1) is 9.31. The quantitative estimate of drug-likeness (QED) is 0.786. The second-order valence-corrected chi connectivity index (χ2v) is 5.84. The first-order valence-electron chi connectivity index (χ1n) is 6.95. The average Bonchev–Trinajstić information content (AvgIpc) is 2.46. The van der Waals surface area contributed by atoms with Crippen LogP contribution in [0.1, 0.15) is 35.2 Å². The fourth-order valence-corrected chi connectivity index (χ4v) is 2.78. The normalized spacial score (nSPS) is 13.5. The SMILES string of the molecule is CSCCCCNC(=O)c1ccc2c(c1)CCCN2. The summed E-state index contributed by atoms with van der Waals surface area (Å²) in [6.07, 6.45) is 6.54. The molecule has 1 aliphatic rings. The van der Waals surface area contributed by atoms with Crippen molar-refractivity contribution in [1.82, 2.24) is 5.32 Å². The number of amides is 1. The van der Waals surface area contributed by atoms with Crippen molar-refractivity contribution in [2.45, 2.75) is 25.7 Å². The van der Waals surface area contributed by atoms with Gasteiger partial charge in [0.1, 0.15) is 0 Å². The van der Waals surface area contributed by atoms with E-state index in [4.69, 9.17) is 0 Å². The summed E-state index contributed by atoms with van der Waals surface area (Å²) in [5, 5.41) is 6.36. The minimum atomic E-state index is 0.0533. The Bertz CT molecular complexity index is 434. The van der Waals surface area contributed by atoms with Gasteiger partial charge < -0.3 is 10.6 Å². The molecule has 0 fully saturated rings. The minimum Gasteiger partial charge on any atom is -0.385 e. The number of nitrogens with one attached hydrogen (secondary N) is 2. The van der Waals surface area contributed by atoms with E-state index in [1.165, 1.54) is 17.0 Å². The van der Waals surface area contributed by atoms with E-state index < -0.39 is 0 Å². The average molecular weight is 278 g/mol. The summed E-state index contributed by atoms with van der Waals surface area (Å²) < 4.78 is 0. The zero-order chi connectivity index (χ0) is 13.5. The molecule has 0 saturated heterocycles. The molecule has 0 aliphatic carbocycles. The highest BCUT2D eigenvalue weighted by molar-refractivity contribution is 7.98. The number of thioether (sulfide) groups is 1. The first kappa shape index (κ1) is 14.3. The second-order valence-electron chi connectivity index (χ2n) is 4.86. The lowest BCUT2D eigenvalue weighted by Gasteiger charge is -2.18. The molecule has 1 amide bonds. The van der Waals surface area contributed by atoms with Gasteiger partial charge in [0.05, 0.1) is 0 Å². The molecule has 2 rings (SSSR count). The van der Waals surface area contributed by atoms with E-state index in [-0.39, 0.29) is 5.91 Å². The van der Waals surface area contributed by atoms with E-state index in [1.807, 2.05) is 30.0 Å². The van der Waals surface area contributed by atoms with E-state index in [0.29, 0.717) is 0 Å². The maximum Gasteiger partial charge on any atom is 0.251 e. The third kappa shape index (κ3) is 4.16. The molecule has 0 atom stereocenters. The molecule has 0 aromatic heterocycles. The topological polar surface area (TPSA) is 41.1 Å². The number of hydrogen-bond acceptors (Lipinski definition) is 3.